The molecule has 1 heterocycles. The predicted molar refractivity (Wildman–Crippen MR) is 117 cm³/mol. The van der Waals surface area contributed by atoms with E-state index in [4.69, 9.17) is 4.99 Å². The average molecular weight is 453 g/mol. The smallest absolute Gasteiger partial charge is 0.191 e. The first-order valence-corrected chi connectivity index (χ1v) is 9.58. The van der Waals surface area contributed by atoms with Gasteiger partial charge in [0.25, 0.3) is 0 Å². The second kappa shape index (κ2) is 14.1. The molecule has 6 heteroatoms. The van der Waals surface area contributed by atoms with Gasteiger partial charge in [-0.2, -0.15) is 0 Å². The topological polar surface area (TPSA) is 42.9 Å². The molecule has 1 aliphatic heterocycles. The molecule has 0 saturated carbocycles. The minimum Gasteiger partial charge on any atom is -0.357 e. The van der Waals surface area contributed by atoms with Gasteiger partial charge in [-0.3, -0.25) is 4.99 Å². The molecular weight excluding hydrogens is 413 g/mol. The molecule has 24 heavy (non-hydrogen) atoms. The Morgan fingerprint density at radius 3 is 2.54 bits per heavy atom. The van der Waals surface area contributed by atoms with Crippen LogP contribution in [0.15, 0.2) is 4.99 Å². The van der Waals surface area contributed by atoms with Gasteiger partial charge in [-0.05, 0) is 72.8 Å². The fraction of sp³-hybridized carbons (Fsp3) is 0.944. The number of hydrogen-bond donors (Lipinski definition) is 2. The Morgan fingerprint density at radius 2 is 2.00 bits per heavy atom. The van der Waals surface area contributed by atoms with Crippen LogP contribution < -0.4 is 10.6 Å². The molecule has 1 fully saturated rings. The number of nitrogens with zero attached hydrogens (tertiary/aromatic N) is 3. The molecular formula is C18H40IN5. The molecule has 0 radical (unpaired) electrons. The van der Waals surface area contributed by atoms with Crippen LogP contribution in [0.1, 0.15) is 53.4 Å². The number of likely N-dealkylation sites (tertiary alicyclic amines) is 1. The summed E-state index contributed by atoms with van der Waals surface area (Å²) >= 11 is 0. The lowest BCUT2D eigenvalue weighted by Crippen LogP contribution is -2.43. The van der Waals surface area contributed by atoms with Crippen LogP contribution in [0.5, 0.6) is 0 Å². The van der Waals surface area contributed by atoms with Crippen LogP contribution in [0.3, 0.4) is 0 Å². The van der Waals surface area contributed by atoms with Crippen LogP contribution >= 0.6 is 24.0 Å². The third kappa shape index (κ3) is 9.42. The Bertz CT molecular complexity index is 333. The quantitative estimate of drug-likeness (QED) is 0.303. The predicted octanol–water partition coefficient (Wildman–Crippen LogP) is 2.76. The summed E-state index contributed by atoms with van der Waals surface area (Å²) in [4.78, 5) is 9.72. The monoisotopic (exact) mass is 453 g/mol. The molecule has 2 atom stereocenters. The maximum Gasteiger partial charge on any atom is 0.191 e. The zero-order chi connectivity index (χ0) is 17.1. The summed E-state index contributed by atoms with van der Waals surface area (Å²) in [5.74, 6) is 0.975. The lowest BCUT2D eigenvalue weighted by molar-refractivity contribution is 0.292. The van der Waals surface area contributed by atoms with Crippen molar-refractivity contribution in [1.29, 1.82) is 0 Å². The molecule has 0 aromatic rings. The molecule has 5 nitrogen and oxygen atoms in total. The van der Waals surface area contributed by atoms with Gasteiger partial charge in [0.05, 0.1) is 6.54 Å². The Kier molecular flexibility index (Phi) is 14.1. The Hall–Kier alpha value is -0.0800. The number of guanidine groups is 1. The lowest BCUT2D eigenvalue weighted by atomic mass is 10.2. The maximum atomic E-state index is 4.80. The van der Waals surface area contributed by atoms with E-state index in [2.05, 4.69) is 55.2 Å². The molecule has 0 aromatic carbocycles. The summed E-state index contributed by atoms with van der Waals surface area (Å²) in [7, 11) is 2.21. The number of nitrogens with one attached hydrogen (secondary N) is 2. The van der Waals surface area contributed by atoms with Gasteiger partial charge < -0.3 is 20.4 Å². The van der Waals surface area contributed by atoms with Crippen molar-refractivity contribution in [3.8, 4) is 0 Å². The molecule has 0 aromatic heterocycles. The largest absolute Gasteiger partial charge is 0.357 e. The fourth-order valence-electron chi connectivity index (χ4n) is 3.19. The van der Waals surface area contributed by atoms with Gasteiger partial charge in [0.15, 0.2) is 5.96 Å². The highest BCUT2D eigenvalue weighted by atomic mass is 127. The van der Waals surface area contributed by atoms with Crippen LogP contribution in [0.2, 0.25) is 0 Å². The van der Waals surface area contributed by atoms with E-state index in [9.17, 15) is 0 Å². The minimum absolute atomic E-state index is 0. The van der Waals surface area contributed by atoms with Gasteiger partial charge in [0, 0.05) is 18.6 Å². The van der Waals surface area contributed by atoms with E-state index >= 15 is 0 Å². The van der Waals surface area contributed by atoms with Crippen LogP contribution in [0, 0.1) is 0 Å². The third-order valence-electron chi connectivity index (χ3n) is 4.86. The zero-order valence-electron chi connectivity index (χ0n) is 16.5. The summed E-state index contributed by atoms with van der Waals surface area (Å²) in [6.07, 6.45) is 5.01. The molecule has 2 unspecified atom stereocenters. The van der Waals surface area contributed by atoms with Crippen molar-refractivity contribution in [2.45, 2.75) is 65.5 Å². The standard InChI is InChI=1S/C18H39N5.HI/c1-6-19-18(20-15-17-12-10-13-22(17)5)21-16(4)11-9-14-23(7-2)8-3;/h16-17H,6-15H2,1-5H3,(H2,19,20,21);1H. The van der Waals surface area contributed by atoms with Gasteiger partial charge in [-0.15, -0.1) is 24.0 Å². The van der Waals surface area contributed by atoms with Crippen LogP contribution in [-0.4, -0.2) is 74.2 Å². The van der Waals surface area contributed by atoms with Gasteiger partial charge in [-0.25, -0.2) is 0 Å². The molecule has 1 rings (SSSR count). The summed E-state index contributed by atoms with van der Waals surface area (Å²) in [5, 5.41) is 6.95. The number of likely N-dealkylation sites (N-methyl/N-ethyl adjacent to an activating group) is 1. The molecule has 0 amide bonds. The lowest BCUT2D eigenvalue weighted by Gasteiger charge is -2.22. The van der Waals surface area contributed by atoms with Crippen molar-refractivity contribution < 1.29 is 0 Å². The van der Waals surface area contributed by atoms with Crippen LogP contribution in [-0.2, 0) is 0 Å². The Balaban J connectivity index is 0.00000529. The third-order valence-corrected chi connectivity index (χ3v) is 4.86. The van der Waals surface area contributed by atoms with E-state index in [-0.39, 0.29) is 24.0 Å². The van der Waals surface area contributed by atoms with E-state index in [1.165, 1.54) is 38.8 Å². The SMILES string of the molecule is CCNC(=NCC1CCCN1C)NC(C)CCCN(CC)CC.I. The first-order chi connectivity index (χ1) is 11.1. The van der Waals surface area contributed by atoms with Gasteiger partial charge in [0.2, 0.25) is 0 Å². The van der Waals surface area contributed by atoms with E-state index < -0.39 is 0 Å². The highest BCUT2D eigenvalue weighted by Crippen LogP contribution is 2.14. The molecule has 0 spiro atoms. The Labute approximate surface area is 167 Å². The average Bonchev–Trinajstić information content (AvgIpc) is 2.94. The van der Waals surface area contributed by atoms with Gasteiger partial charge >= 0.3 is 0 Å². The molecule has 1 saturated heterocycles. The van der Waals surface area contributed by atoms with E-state index in [0.717, 1.165) is 32.1 Å². The fourth-order valence-corrected chi connectivity index (χ4v) is 3.19. The number of hydrogen-bond acceptors (Lipinski definition) is 3. The van der Waals surface area contributed by atoms with Crippen molar-refractivity contribution in [3.63, 3.8) is 0 Å². The van der Waals surface area contributed by atoms with Crippen molar-refractivity contribution in [1.82, 2.24) is 20.4 Å². The van der Waals surface area contributed by atoms with Crippen molar-refractivity contribution >= 4 is 29.9 Å². The molecule has 144 valence electrons. The highest BCUT2D eigenvalue weighted by Gasteiger charge is 2.20. The van der Waals surface area contributed by atoms with Crippen molar-refractivity contribution in [3.05, 3.63) is 0 Å². The zero-order valence-corrected chi connectivity index (χ0v) is 18.8. The maximum absolute atomic E-state index is 4.80. The number of halogens is 1. The van der Waals surface area contributed by atoms with E-state index in [1.54, 1.807) is 0 Å². The number of rotatable bonds is 10. The molecule has 2 N–H and O–H groups in total. The minimum atomic E-state index is 0. The van der Waals surface area contributed by atoms with Gasteiger partial charge in [0.1, 0.15) is 0 Å². The van der Waals surface area contributed by atoms with Crippen LogP contribution in [0.25, 0.3) is 0 Å². The summed E-state index contributed by atoms with van der Waals surface area (Å²) < 4.78 is 0. The Morgan fingerprint density at radius 1 is 1.29 bits per heavy atom. The first-order valence-electron chi connectivity index (χ1n) is 9.58. The summed E-state index contributed by atoms with van der Waals surface area (Å²) in [6, 6.07) is 1.08. The second-order valence-corrected chi connectivity index (χ2v) is 6.71. The van der Waals surface area contributed by atoms with E-state index in [0.29, 0.717) is 12.1 Å². The highest BCUT2D eigenvalue weighted by molar-refractivity contribution is 14.0. The normalized spacial score (nSPS) is 20.1. The van der Waals surface area contributed by atoms with E-state index in [1.807, 2.05) is 0 Å². The first kappa shape index (κ1) is 23.9. The summed E-state index contributed by atoms with van der Waals surface area (Å²) in [6.45, 7) is 15.4. The van der Waals surface area contributed by atoms with Crippen molar-refractivity contribution in [2.24, 2.45) is 4.99 Å². The summed E-state index contributed by atoms with van der Waals surface area (Å²) in [5.41, 5.74) is 0. The number of aliphatic imine (C=N–C) groups is 1. The van der Waals surface area contributed by atoms with Crippen LogP contribution in [0.4, 0.5) is 0 Å². The molecule has 0 bridgehead atoms. The second-order valence-electron chi connectivity index (χ2n) is 6.71. The molecule has 1 aliphatic rings. The van der Waals surface area contributed by atoms with Crippen molar-refractivity contribution in [2.75, 3.05) is 46.3 Å². The molecule has 0 aliphatic carbocycles. The van der Waals surface area contributed by atoms with Gasteiger partial charge in [-0.1, -0.05) is 13.8 Å².